The highest BCUT2D eigenvalue weighted by molar-refractivity contribution is 7.92. The zero-order valence-corrected chi connectivity index (χ0v) is 15.0. The average Bonchev–Trinajstić information content (AvgIpc) is 3.20. The molecule has 0 aliphatic heterocycles. The van der Waals surface area contributed by atoms with E-state index in [0.717, 1.165) is 5.56 Å². The molecule has 2 aromatic heterocycles. The van der Waals surface area contributed by atoms with Crippen LogP contribution >= 0.6 is 0 Å². The van der Waals surface area contributed by atoms with Crippen molar-refractivity contribution >= 4 is 15.7 Å². The smallest absolute Gasteiger partial charge is 0.265 e. The van der Waals surface area contributed by atoms with Crippen LogP contribution < -0.4 is 4.72 Å². The van der Waals surface area contributed by atoms with E-state index >= 15 is 0 Å². The maximum Gasteiger partial charge on any atom is 0.265 e. The van der Waals surface area contributed by atoms with Crippen molar-refractivity contribution < 1.29 is 8.42 Å². The van der Waals surface area contributed by atoms with Crippen LogP contribution in [0.15, 0.2) is 60.0 Å². The summed E-state index contributed by atoms with van der Waals surface area (Å²) in [5.74, 6) is 0.394. The molecule has 0 atom stereocenters. The summed E-state index contributed by atoms with van der Waals surface area (Å²) >= 11 is 0. The third-order valence-electron chi connectivity index (χ3n) is 3.58. The molecule has 0 fully saturated rings. The number of hydrogen-bond acceptors (Lipinski definition) is 4. The Morgan fingerprint density at radius 2 is 1.88 bits per heavy atom. The molecular weight excluding hydrogens is 338 g/mol. The molecular formula is C17H21N5O2S. The van der Waals surface area contributed by atoms with Crippen molar-refractivity contribution in [3.8, 4) is 0 Å². The summed E-state index contributed by atoms with van der Waals surface area (Å²) in [6.07, 6.45) is 6.53. The first-order chi connectivity index (χ1) is 11.9. The van der Waals surface area contributed by atoms with Crippen molar-refractivity contribution in [3.05, 3.63) is 60.7 Å². The maximum atomic E-state index is 12.5. The average molecular weight is 359 g/mol. The van der Waals surface area contributed by atoms with Gasteiger partial charge in [-0.15, -0.1) is 0 Å². The molecule has 0 radical (unpaired) electrons. The van der Waals surface area contributed by atoms with Gasteiger partial charge in [0.05, 0.1) is 12.7 Å². The van der Waals surface area contributed by atoms with Gasteiger partial charge in [-0.25, -0.2) is 8.42 Å². The number of hydrogen-bond donors (Lipinski definition) is 1. The van der Waals surface area contributed by atoms with Gasteiger partial charge < -0.3 is 0 Å². The third-order valence-corrected chi connectivity index (χ3v) is 4.92. The molecule has 0 amide bonds. The summed E-state index contributed by atoms with van der Waals surface area (Å²) in [7, 11) is -3.64. The molecule has 3 rings (SSSR count). The van der Waals surface area contributed by atoms with Gasteiger partial charge in [0.25, 0.3) is 10.0 Å². The number of benzene rings is 1. The lowest BCUT2D eigenvalue weighted by molar-refractivity contribution is 0.482. The second-order valence-corrected chi connectivity index (χ2v) is 7.98. The molecule has 8 heteroatoms. The van der Waals surface area contributed by atoms with Gasteiger partial charge in [-0.2, -0.15) is 10.2 Å². The van der Waals surface area contributed by atoms with Gasteiger partial charge in [-0.05, 0) is 29.7 Å². The molecule has 0 bridgehead atoms. The molecule has 0 saturated carbocycles. The molecule has 0 aliphatic carbocycles. The van der Waals surface area contributed by atoms with E-state index in [1.54, 1.807) is 29.2 Å². The largest absolute Gasteiger partial charge is 0.280 e. The van der Waals surface area contributed by atoms with Crippen molar-refractivity contribution in [3.63, 3.8) is 0 Å². The molecule has 7 nitrogen and oxygen atoms in total. The molecule has 1 aromatic carbocycles. The lowest BCUT2D eigenvalue weighted by Crippen LogP contribution is -2.12. The van der Waals surface area contributed by atoms with Crippen LogP contribution in [0.3, 0.4) is 0 Å². The van der Waals surface area contributed by atoms with E-state index in [-0.39, 0.29) is 4.90 Å². The van der Waals surface area contributed by atoms with Crippen LogP contribution in [0.2, 0.25) is 0 Å². The topological polar surface area (TPSA) is 81.8 Å². The number of nitrogens with zero attached hydrogens (tertiary/aromatic N) is 4. The normalized spacial score (nSPS) is 11.8. The van der Waals surface area contributed by atoms with E-state index in [1.165, 1.54) is 6.20 Å². The predicted octanol–water partition coefficient (Wildman–Crippen LogP) is 2.58. The highest BCUT2D eigenvalue weighted by Gasteiger charge is 2.17. The van der Waals surface area contributed by atoms with Crippen LogP contribution in [0.25, 0.3) is 0 Å². The molecule has 0 aliphatic rings. The highest BCUT2D eigenvalue weighted by Crippen LogP contribution is 2.17. The molecule has 1 N–H and O–H groups in total. The van der Waals surface area contributed by atoms with E-state index in [9.17, 15) is 8.42 Å². The summed E-state index contributed by atoms with van der Waals surface area (Å²) in [6, 6.07) is 9.11. The lowest BCUT2D eigenvalue weighted by atomic mass is 10.2. The van der Waals surface area contributed by atoms with Crippen molar-refractivity contribution in [2.75, 3.05) is 4.72 Å². The van der Waals surface area contributed by atoms with Crippen LogP contribution in [0.1, 0.15) is 19.4 Å². The Morgan fingerprint density at radius 1 is 1.12 bits per heavy atom. The minimum atomic E-state index is -3.64. The number of rotatable bonds is 7. The maximum absolute atomic E-state index is 12.5. The van der Waals surface area contributed by atoms with Gasteiger partial charge in [-0.1, -0.05) is 26.0 Å². The van der Waals surface area contributed by atoms with Crippen molar-refractivity contribution in [1.29, 1.82) is 0 Å². The van der Waals surface area contributed by atoms with E-state index < -0.39 is 10.0 Å². The van der Waals surface area contributed by atoms with E-state index in [0.29, 0.717) is 24.7 Å². The van der Waals surface area contributed by atoms with Gasteiger partial charge >= 0.3 is 0 Å². The zero-order chi connectivity index (χ0) is 17.9. The Labute approximate surface area is 147 Å². The molecule has 0 unspecified atom stereocenters. The van der Waals surface area contributed by atoms with Gasteiger partial charge in [-0.3, -0.25) is 14.1 Å². The first-order valence-corrected chi connectivity index (χ1v) is 9.52. The fraction of sp³-hybridized carbons (Fsp3) is 0.294. The summed E-state index contributed by atoms with van der Waals surface area (Å²) in [6.45, 7) is 5.43. The summed E-state index contributed by atoms with van der Waals surface area (Å²) in [4.78, 5) is 0.161. The van der Waals surface area contributed by atoms with Crippen LogP contribution in [0.4, 0.5) is 5.69 Å². The number of sulfonamides is 1. The van der Waals surface area contributed by atoms with Gasteiger partial charge in [0.2, 0.25) is 0 Å². The van der Waals surface area contributed by atoms with E-state index in [4.69, 9.17) is 0 Å². The second-order valence-electron chi connectivity index (χ2n) is 6.30. The summed E-state index contributed by atoms with van der Waals surface area (Å²) in [5.41, 5.74) is 1.55. The van der Waals surface area contributed by atoms with Crippen LogP contribution in [-0.2, 0) is 23.1 Å². The number of aromatic nitrogens is 4. The molecule has 0 saturated heterocycles. The molecule has 3 aromatic rings. The van der Waals surface area contributed by atoms with Gasteiger partial charge in [0.1, 0.15) is 4.90 Å². The standard InChI is InChI=1S/C17H21N5O2S/c1-14(2)11-22-13-17(10-19-22)25(23,24)20-16-6-4-15(5-7-16)12-21-9-3-8-18-21/h3-10,13-14,20H,11-12H2,1-2H3. The quantitative estimate of drug-likeness (QED) is 0.703. The molecule has 0 spiro atoms. The first-order valence-electron chi connectivity index (χ1n) is 8.04. The Hall–Kier alpha value is -2.61. The fourth-order valence-electron chi connectivity index (χ4n) is 2.43. The van der Waals surface area contributed by atoms with E-state index in [2.05, 4.69) is 28.8 Å². The lowest BCUT2D eigenvalue weighted by Gasteiger charge is -2.08. The minimum Gasteiger partial charge on any atom is -0.280 e. The minimum absolute atomic E-state index is 0.161. The van der Waals surface area contributed by atoms with Crippen LogP contribution in [0, 0.1) is 5.92 Å². The van der Waals surface area contributed by atoms with Gasteiger partial charge in [0.15, 0.2) is 0 Å². The van der Waals surface area contributed by atoms with Crippen LogP contribution in [0.5, 0.6) is 0 Å². The van der Waals surface area contributed by atoms with Crippen molar-refractivity contribution in [2.45, 2.75) is 31.8 Å². The molecule has 25 heavy (non-hydrogen) atoms. The fourth-order valence-corrected chi connectivity index (χ4v) is 3.44. The van der Waals surface area contributed by atoms with E-state index in [1.807, 2.05) is 29.1 Å². The molecule has 132 valence electrons. The summed E-state index contributed by atoms with van der Waals surface area (Å²) in [5, 5.41) is 8.26. The van der Waals surface area contributed by atoms with Gasteiger partial charge in [0, 0.05) is 30.8 Å². The van der Waals surface area contributed by atoms with Crippen molar-refractivity contribution in [2.24, 2.45) is 5.92 Å². The zero-order valence-electron chi connectivity index (χ0n) is 14.2. The number of anilines is 1. The first kappa shape index (κ1) is 17.2. The SMILES string of the molecule is CC(C)Cn1cc(S(=O)(=O)Nc2ccc(Cn3cccn3)cc2)cn1. The monoisotopic (exact) mass is 359 g/mol. The molecule has 2 heterocycles. The summed E-state index contributed by atoms with van der Waals surface area (Å²) < 4.78 is 31.0. The predicted molar refractivity (Wildman–Crippen MR) is 95.6 cm³/mol. The highest BCUT2D eigenvalue weighted by atomic mass is 32.2. The Morgan fingerprint density at radius 3 is 2.52 bits per heavy atom. The van der Waals surface area contributed by atoms with Crippen molar-refractivity contribution in [1.82, 2.24) is 19.6 Å². The Bertz CT molecular complexity index is 912. The Kier molecular flexibility index (Phi) is 4.89. The number of nitrogens with one attached hydrogen (secondary N) is 1. The third kappa shape index (κ3) is 4.48. The second kappa shape index (κ2) is 7.10. The Balaban J connectivity index is 1.69. The van der Waals surface area contributed by atoms with Crippen LogP contribution in [-0.4, -0.2) is 28.0 Å².